The van der Waals surface area contributed by atoms with Crippen LogP contribution in [0.5, 0.6) is 0 Å². The molecule has 1 unspecified atom stereocenters. The molecule has 1 atom stereocenters. The molecule has 1 aromatic rings. The molecule has 1 aliphatic carbocycles. The van der Waals surface area contributed by atoms with E-state index in [9.17, 15) is 4.79 Å². The van der Waals surface area contributed by atoms with E-state index in [0.29, 0.717) is 24.1 Å². The van der Waals surface area contributed by atoms with Crippen molar-refractivity contribution in [2.24, 2.45) is 5.92 Å². The van der Waals surface area contributed by atoms with Crippen LogP contribution in [0, 0.1) is 12.8 Å². The maximum atomic E-state index is 10.8. The molecule has 1 aliphatic rings. The third-order valence-corrected chi connectivity index (χ3v) is 3.21. The minimum absolute atomic E-state index is 0.261. The predicted molar refractivity (Wildman–Crippen MR) is 64.0 cm³/mol. The first-order valence-corrected chi connectivity index (χ1v) is 6.12. The van der Waals surface area contributed by atoms with E-state index in [-0.39, 0.29) is 5.56 Å². The molecular weight excluding hydrogens is 218 g/mol. The molecule has 0 aromatic carbocycles. The molecule has 2 rings (SSSR count). The summed E-state index contributed by atoms with van der Waals surface area (Å²) in [5, 5.41) is 12.3. The van der Waals surface area contributed by atoms with Gasteiger partial charge in [0.25, 0.3) is 0 Å². The van der Waals surface area contributed by atoms with Crippen molar-refractivity contribution in [1.29, 1.82) is 0 Å². The van der Waals surface area contributed by atoms with Crippen molar-refractivity contribution in [3.8, 4) is 0 Å². The van der Waals surface area contributed by atoms with Crippen LogP contribution in [0.1, 0.15) is 48.1 Å². The van der Waals surface area contributed by atoms with Gasteiger partial charge in [-0.25, -0.2) is 4.79 Å². The van der Waals surface area contributed by atoms with Gasteiger partial charge in [-0.15, -0.1) is 0 Å². The quantitative estimate of drug-likeness (QED) is 0.798. The molecule has 0 aliphatic heterocycles. The highest BCUT2D eigenvalue weighted by Crippen LogP contribution is 2.33. The molecule has 1 heterocycles. The largest absolute Gasteiger partial charge is 0.478 e. The summed E-state index contributed by atoms with van der Waals surface area (Å²) in [5.41, 5.74) is 0.261. The van der Waals surface area contributed by atoms with Gasteiger partial charge in [-0.3, -0.25) is 0 Å². The Morgan fingerprint density at radius 2 is 2.35 bits per heavy atom. The van der Waals surface area contributed by atoms with Crippen LogP contribution in [0.3, 0.4) is 0 Å². The normalized spacial score (nSPS) is 17.1. The molecule has 17 heavy (non-hydrogen) atoms. The van der Waals surface area contributed by atoms with Crippen LogP contribution in [-0.2, 0) is 6.54 Å². The molecule has 1 saturated carbocycles. The SMILES string of the molecule is Cc1oc(CNC(C)CC2CC2)cc1C(=O)O. The molecule has 2 N–H and O–H groups in total. The van der Waals surface area contributed by atoms with Crippen molar-refractivity contribution in [3.05, 3.63) is 23.2 Å². The van der Waals surface area contributed by atoms with Gasteiger partial charge in [0, 0.05) is 6.04 Å². The van der Waals surface area contributed by atoms with E-state index < -0.39 is 5.97 Å². The lowest BCUT2D eigenvalue weighted by atomic mass is 10.1. The minimum atomic E-state index is -0.927. The molecule has 0 bridgehead atoms. The summed E-state index contributed by atoms with van der Waals surface area (Å²) >= 11 is 0. The summed E-state index contributed by atoms with van der Waals surface area (Å²) < 4.78 is 5.40. The van der Waals surface area contributed by atoms with Crippen molar-refractivity contribution >= 4 is 5.97 Å². The number of carboxylic acid groups (broad SMARTS) is 1. The topological polar surface area (TPSA) is 62.5 Å². The standard InChI is InChI=1S/C13H19NO3/c1-8(5-10-3-4-10)14-7-11-6-12(13(15)16)9(2)17-11/h6,8,10,14H,3-5,7H2,1-2H3,(H,15,16). The lowest BCUT2D eigenvalue weighted by molar-refractivity contribution is 0.0695. The molecule has 1 fully saturated rings. The monoisotopic (exact) mass is 237 g/mol. The number of carboxylic acids is 1. The Labute approximate surface area is 101 Å². The van der Waals surface area contributed by atoms with Gasteiger partial charge in [0.2, 0.25) is 0 Å². The number of aromatic carboxylic acids is 1. The molecule has 4 heteroatoms. The van der Waals surface area contributed by atoms with E-state index in [1.807, 2.05) is 0 Å². The van der Waals surface area contributed by atoms with Gasteiger partial charge in [-0.1, -0.05) is 12.8 Å². The second-order valence-corrected chi connectivity index (χ2v) is 4.95. The van der Waals surface area contributed by atoms with E-state index in [0.717, 1.165) is 5.92 Å². The van der Waals surface area contributed by atoms with E-state index >= 15 is 0 Å². The fraction of sp³-hybridized carbons (Fsp3) is 0.615. The molecule has 94 valence electrons. The van der Waals surface area contributed by atoms with Crippen LogP contribution in [0.4, 0.5) is 0 Å². The van der Waals surface area contributed by atoms with Gasteiger partial charge in [-0.05, 0) is 32.3 Å². The summed E-state index contributed by atoms with van der Waals surface area (Å²) in [5.74, 6) is 1.14. The van der Waals surface area contributed by atoms with Crippen molar-refractivity contribution in [3.63, 3.8) is 0 Å². The number of carbonyl (C=O) groups is 1. The van der Waals surface area contributed by atoms with Crippen molar-refractivity contribution in [2.45, 2.75) is 45.7 Å². The summed E-state index contributed by atoms with van der Waals surface area (Å²) in [6, 6.07) is 2.07. The van der Waals surface area contributed by atoms with Gasteiger partial charge in [0.15, 0.2) is 0 Å². The molecular formula is C13H19NO3. The smallest absolute Gasteiger partial charge is 0.339 e. The van der Waals surface area contributed by atoms with E-state index in [4.69, 9.17) is 9.52 Å². The van der Waals surface area contributed by atoms with Gasteiger partial charge in [0.05, 0.1) is 6.54 Å². The number of nitrogens with one attached hydrogen (secondary N) is 1. The van der Waals surface area contributed by atoms with Crippen LogP contribution in [0.15, 0.2) is 10.5 Å². The van der Waals surface area contributed by atoms with Gasteiger partial charge in [0.1, 0.15) is 17.1 Å². The van der Waals surface area contributed by atoms with Crippen LogP contribution in [0.2, 0.25) is 0 Å². The number of hydrogen-bond acceptors (Lipinski definition) is 3. The maximum Gasteiger partial charge on any atom is 0.339 e. The number of hydrogen-bond donors (Lipinski definition) is 2. The zero-order valence-electron chi connectivity index (χ0n) is 10.3. The third-order valence-electron chi connectivity index (χ3n) is 3.21. The summed E-state index contributed by atoms with van der Waals surface area (Å²) in [6.07, 6.45) is 3.91. The van der Waals surface area contributed by atoms with Gasteiger partial charge >= 0.3 is 5.97 Å². The molecule has 0 spiro atoms. The van der Waals surface area contributed by atoms with Crippen LogP contribution in [0.25, 0.3) is 0 Å². The summed E-state index contributed by atoms with van der Waals surface area (Å²) in [7, 11) is 0. The first-order valence-electron chi connectivity index (χ1n) is 6.12. The average Bonchev–Trinajstić information content (AvgIpc) is 2.97. The third kappa shape index (κ3) is 3.33. The molecule has 4 nitrogen and oxygen atoms in total. The number of furan rings is 1. The fourth-order valence-electron chi connectivity index (χ4n) is 2.05. The van der Waals surface area contributed by atoms with Gasteiger partial charge in [-0.2, -0.15) is 0 Å². The Kier molecular flexibility index (Phi) is 3.52. The Balaban J connectivity index is 1.85. The van der Waals surface area contributed by atoms with Crippen LogP contribution >= 0.6 is 0 Å². The van der Waals surface area contributed by atoms with E-state index in [1.165, 1.54) is 19.3 Å². The minimum Gasteiger partial charge on any atom is -0.478 e. The van der Waals surface area contributed by atoms with E-state index in [2.05, 4.69) is 12.2 Å². The predicted octanol–water partition coefficient (Wildman–Crippen LogP) is 2.56. The van der Waals surface area contributed by atoms with Crippen molar-refractivity contribution in [1.82, 2.24) is 5.32 Å². The summed E-state index contributed by atoms with van der Waals surface area (Å²) in [4.78, 5) is 10.8. The Bertz CT molecular complexity index is 407. The molecule has 0 radical (unpaired) electrons. The highest BCUT2D eigenvalue weighted by molar-refractivity contribution is 5.88. The second-order valence-electron chi connectivity index (χ2n) is 4.95. The van der Waals surface area contributed by atoms with Crippen molar-refractivity contribution in [2.75, 3.05) is 0 Å². The molecule has 1 aromatic heterocycles. The van der Waals surface area contributed by atoms with E-state index in [1.54, 1.807) is 13.0 Å². The summed E-state index contributed by atoms with van der Waals surface area (Å²) in [6.45, 7) is 4.44. The Morgan fingerprint density at radius 1 is 1.65 bits per heavy atom. The second kappa shape index (κ2) is 4.92. The lowest BCUT2D eigenvalue weighted by Gasteiger charge is -2.11. The maximum absolute atomic E-state index is 10.8. The van der Waals surface area contributed by atoms with Gasteiger partial charge < -0.3 is 14.8 Å². The zero-order valence-corrected chi connectivity index (χ0v) is 10.3. The van der Waals surface area contributed by atoms with Crippen LogP contribution < -0.4 is 5.32 Å². The van der Waals surface area contributed by atoms with Crippen LogP contribution in [-0.4, -0.2) is 17.1 Å². The zero-order chi connectivity index (χ0) is 12.4. The Morgan fingerprint density at radius 3 is 2.88 bits per heavy atom. The number of rotatable bonds is 6. The first-order chi connectivity index (χ1) is 8.06. The Hall–Kier alpha value is -1.29. The fourth-order valence-corrected chi connectivity index (χ4v) is 2.05. The highest BCUT2D eigenvalue weighted by atomic mass is 16.4. The lowest BCUT2D eigenvalue weighted by Crippen LogP contribution is -2.25. The highest BCUT2D eigenvalue weighted by Gasteiger charge is 2.23. The average molecular weight is 237 g/mol. The number of aryl methyl sites for hydroxylation is 1. The van der Waals surface area contributed by atoms with Crippen molar-refractivity contribution < 1.29 is 14.3 Å². The molecule has 0 amide bonds. The molecule has 0 saturated heterocycles. The first kappa shape index (κ1) is 12.2.